The average molecular weight is 634 g/mol. The van der Waals surface area contributed by atoms with Crippen molar-refractivity contribution in [2.24, 2.45) is 0 Å². The third kappa shape index (κ3) is 4.94. The van der Waals surface area contributed by atoms with Crippen LogP contribution in [0, 0.1) is 0 Å². The lowest BCUT2D eigenvalue weighted by molar-refractivity contribution is 0.346. The van der Waals surface area contributed by atoms with Crippen LogP contribution in [0.2, 0.25) is 0 Å². The standard InChI is InChI=1S/C42H36NOPS/c44-45(35-14-4-1-5-15-35,36-16-6-2-7-17-36)37-28-24-33(25-29-37)42(30-12-3-13-31-42)32-22-26-34(27-23-32)43-38-18-8-10-20-40(38)46-41-21-11-9-19-39(41)43/h1-2,4-11,14-29H,3,12-13,30-31H2. The molecule has 6 aromatic carbocycles. The quantitative estimate of drug-likeness (QED) is 0.170. The van der Waals surface area contributed by atoms with Gasteiger partial charge in [0.2, 0.25) is 0 Å². The molecule has 0 atom stereocenters. The van der Waals surface area contributed by atoms with Crippen molar-refractivity contribution >= 4 is 51.9 Å². The summed E-state index contributed by atoms with van der Waals surface area (Å²) >= 11 is 1.84. The Morgan fingerprint density at radius 2 is 0.913 bits per heavy atom. The van der Waals surface area contributed by atoms with Gasteiger partial charge in [-0.1, -0.05) is 152 Å². The highest BCUT2D eigenvalue weighted by atomic mass is 32.2. The molecule has 8 rings (SSSR count). The molecule has 0 saturated heterocycles. The molecule has 1 saturated carbocycles. The van der Waals surface area contributed by atoms with Gasteiger partial charge in [0.15, 0.2) is 7.14 Å². The van der Waals surface area contributed by atoms with Gasteiger partial charge in [-0.25, -0.2) is 0 Å². The number of benzene rings is 6. The predicted molar refractivity (Wildman–Crippen MR) is 195 cm³/mol. The van der Waals surface area contributed by atoms with Crippen molar-refractivity contribution in [3.63, 3.8) is 0 Å². The molecule has 0 bridgehead atoms. The molecular formula is C42H36NOPS. The van der Waals surface area contributed by atoms with E-state index in [2.05, 4.69) is 102 Å². The Morgan fingerprint density at radius 3 is 1.43 bits per heavy atom. The molecule has 6 aromatic rings. The summed E-state index contributed by atoms with van der Waals surface area (Å²) in [6.07, 6.45) is 5.92. The lowest BCUT2D eigenvalue weighted by Crippen LogP contribution is -2.31. The minimum atomic E-state index is -3.01. The Hall–Kier alpha value is -4.30. The van der Waals surface area contributed by atoms with Crippen molar-refractivity contribution in [3.8, 4) is 0 Å². The maximum atomic E-state index is 15.0. The molecule has 226 valence electrons. The lowest BCUT2D eigenvalue weighted by Gasteiger charge is -2.39. The zero-order chi connectivity index (χ0) is 31.0. The van der Waals surface area contributed by atoms with Gasteiger partial charge in [0.05, 0.1) is 11.4 Å². The van der Waals surface area contributed by atoms with Crippen LogP contribution in [0.25, 0.3) is 0 Å². The molecule has 0 radical (unpaired) electrons. The molecule has 0 amide bonds. The Labute approximate surface area is 276 Å². The topological polar surface area (TPSA) is 20.3 Å². The van der Waals surface area contributed by atoms with E-state index in [0.29, 0.717) is 0 Å². The number of hydrogen-bond acceptors (Lipinski definition) is 3. The van der Waals surface area contributed by atoms with Gasteiger partial charge in [-0.15, -0.1) is 0 Å². The second kappa shape index (κ2) is 12.1. The second-order valence-corrected chi connectivity index (χ2v) is 16.2. The average Bonchev–Trinajstić information content (AvgIpc) is 3.14. The van der Waals surface area contributed by atoms with Crippen LogP contribution in [-0.2, 0) is 9.98 Å². The fraction of sp³-hybridized carbons (Fsp3) is 0.143. The first kappa shape index (κ1) is 29.1. The van der Waals surface area contributed by atoms with Gasteiger partial charge in [-0.05, 0) is 60.4 Å². The van der Waals surface area contributed by atoms with E-state index in [4.69, 9.17) is 0 Å². The number of rotatable bonds is 6. The van der Waals surface area contributed by atoms with Crippen LogP contribution in [0.5, 0.6) is 0 Å². The summed E-state index contributed by atoms with van der Waals surface area (Å²) in [5, 5.41) is 2.63. The van der Waals surface area contributed by atoms with E-state index in [1.165, 1.54) is 57.2 Å². The Balaban J connectivity index is 1.18. The highest BCUT2D eigenvalue weighted by molar-refractivity contribution is 7.99. The van der Waals surface area contributed by atoms with Crippen LogP contribution in [0.1, 0.15) is 43.2 Å². The van der Waals surface area contributed by atoms with Gasteiger partial charge in [0.1, 0.15) is 0 Å². The Bertz CT molecular complexity index is 1930. The lowest BCUT2D eigenvalue weighted by atomic mass is 9.65. The SMILES string of the molecule is O=P(c1ccccc1)(c1ccccc1)c1ccc(C2(c3ccc(N4c5ccccc5Sc5ccccc54)cc3)CCCCC2)cc1. The summed E-state index contributed by atoms with van der Waals surface area (Å²) in [5.41, 5.74) is 6.25. The van der Waals surface area contributed by atoms with Crippen LogP contribution in [0.4, 0.5) is 17.1 Å². The largest absolute Gasteiger partial charge is 0.309 e. The fourth-order valence-corrected chi connectivity index (χ4v) is 11.2. The molecule has 1 aliphatic carbocycles. The van der Waals surface area contributed by atoms with Crippen LogP contribution < -0.4 is 20.8 Å². The normalized spacial score (nSPS) is 15.5. The first-order valence-corrected chi connectivity index (χ1v) is 18.8. The zero-order valence-electron chi connectivity index (χ0n) is 25.8. The predicted octanol–water partition coefficient (Wildman–Crippen LogP) is 10.5. The summed E-state index contributed by atoms with van der Waals surface area (Å²) in [6, 6.07) is 55.5. The first-order chi connectivity index (χ1) is 22.7. The molecule has 1 heterocycles. The summed E-state index contributed by atoms with van der Waals surface area (Å²) in [4.78, 5) is 4.95. The van der Waals surface area contributed by atoms with Crippen molar-refractivity contribution in [2.75, 3.05) is 4.90 Å². The van der Waals surface area contributed by atoms with Crippen LogP contribution in [-0.4, -0.2) is 0 Å². The van der Waals surface area contributed by atoms with Gasteiger partial charge in [-0.2, -0.15) is 0 Å². The molecular weight excluding hydrogens is 598 g/mol. The second-order valence-electron chi connectivity index (χ2n) is 12.4. The van der Waals surface area contributed by atoms with Gasteiger partial charge in [-0.3, -0.25) is 0 Å². The van der Waals surface area contributed by atoms with E-state index in [1.807, 2.05) is 72.4 Å². The summed E-state index contributed by atoms with van der Waals surface area (Å²) in [5.74, 6) is 0. The van der Waals surface area contributed by atoms with Crippen LogP contribution in [0.3, 0.4) is 0 Å². The monoisotopic (exact) mass is 633 g/mol. The molecule has 46 heavy (non-hydrogen) atoms. The maximum absolute atomic E-state index is 15.0. The van der Waals surface area contributed by atoms with Crippen molar-refractivity contribution in [1.82, 2.24) is 0 Å². The molecule has 0 aromatic heterocycles. The van der Waals surface area contributed by atoms with E-state index in [9.17, 15) is 0 Å². The smallest absolute Gasteiger partial charge is 0.171 e. The number of nitrogens with zero attached hydrogens (tertiary/aromatic N) is 1. The molecule has 0 N–H and O–H groups in total. The maximum Gasteiger partial charge on any atom is 0.171 e. The molecule has 4 heteroatoms. The fourth-order valence-electron chi connectivity index (χ4n) is 7.53. The number of para-hydroxylation sites is 2. The molecule has 1 fully saturated rings. The van der Waals surface area contributed by atoms with Crippen LogP contribution in [0.15, 0.2) is 168 Å². The number of anilines is 3. The van der Waals surface area contributed by atoms with Gasteiger partial charge in [0, 0.05) is 36.8 Å². The van der Waals surface area contributed by atoms with E-state index < -0.39 is 7.14 Å². The Kier molecular flexibility index (Phi) is 7.68. The minimum Gasteiger partial charge on any atom is -0.309 e. The molecule has 1 aliphatic heterocycles. The summed E-state index contributed by atoms with van der Waals surface area (Å²) in [6.45, 7) is 0. The van der Waals surface area contributed by atoms with Crippen molar-refractivity contribution in [2.45, 2.75) is 47.3 Å². The molecule has 2 nitrogen and oxygen atoms in total. The summed E-state index contributed by atoms with van der Waals surface area (Å²) < 4.78 is 15.0. The Morgan fingerprint density at radius 1 is 0.478 bits per heavy atom. The number of hydrogen-bond donors (Lipinski definition) is 0. The minimum absolute atomic E-state index is 0.0631. The van der Waals surface area contributed by atoms with Gasteiger partial charge >= 0.3 is 0 Å². The molecule has 2 aliphatic rings. The highest BCUT2D eigenvalue weighted by Crippen LogP contribution is 2.52. The van der Waals surface area contributed by atoms with Crippen molar-refractivity contribution < 1.29 is 4.57 Å². The van der Waals surface area contributed by atoms with Crippen LogP contribution >= 0.6 is 18.9 Å². The summed E-state index contributed by atoms with van der Waals surface area (Å²) in [7, 11) is -3.01. The van der Waals surface area contributed by atoms with Crippen molar-refractivity contribution in [3.05, 3.63) is 169 Å². The molecule has 0 unspecified atom stereocenters. The third-order valence-corrected chi connectivity index (χ3v) is 14.0. The first-order valence-electron chi connectivity index (χ1n) is 16.3. The van der Waals surface area contributed by atoms with E-state index in [0.717, 1.165) is 28.8 Å². The zero-order valence-corrected chi connectivity index (χ0v) is 27.5. The highest BCUT2D eigenvalue weighted by Gasteiger charge is 2.37. The van der Waals surface area contributed by atoms with E-state index in [1.54, 1.807) is 0 Å². The van der Waals surface area contributed by atoms with Gasteiger partial charge in [0.25, 0.3) is 0 Å². The van der Waals surface area contributed by atoms with E-state index in [-0.39, 0.29) is 5.41 Å². The number of fused-ring (bicyclic) bond motifs is 2. The molecule has 0 spiro atoms. The van der Waals surface area contributed by atoms with Gasteiger partial charge < -0.3 is 9.46 Å². The third-order valence-electron chi connectivity index (χ3n) is 9.84. The van der Waals surface area contributed by atoms with E-state index >= 15 is 4.57 Å². The van der Waals surface area contributed by atoms with Crippen molar-refractivity contribution in [1.29, 1.82) is 0 Å².